The van der Waals surface area contributed by atoms with Crippen LogP contribution in [-0.4, -0.2) is 15.9 Å². The lowest BCUT2D eigenvalue weighted by molar-refractivity contribution is -0.118. The molecular weight excluding hydrogens is 378 g/mol. The molecule has 2 aromatic heterocycles. The van der Waals surface area contributed by atoms with E-state index >= 15 is 0 Å². The molecule has 0 radical (unpaired) electrons. The predicted molar refractivity (Wildman–Crippen MR) is 119 cm³/mol. The van der Waals surface area contributed by atoms with Crippen molar-refractivity contribution in [1.82, 2.24) is 9.97 Å². The van der Waals surface area contributed by atoms with Crippen molar-refractivity contribution < 1.29 is 4.79 Å². The lowest BCUT2D eigenvalue weighted by atomic mass is 10.1. The maximum Gasteiger partial charge on any atom is 0.229 e. The molecule has 0 spiro atoms. The van der Waals surface area contributed by atoms with E-state index in [9.17, 15) is 4.79 Å². The third-order valence-electron chi connectivity index (χ3n) is 4.87. The number of carbonyl (C=O) groups is 1. The molecule has 0 fully saturated rings. The summed E-state index contributed by atoms with van der Waals surface area (Å²) in [7, 11) is 0. The lowest BCUT2D eigenvalue weighted by Gasteiger charge is -2.20. The standard InChI is InChI=1S/C24H23N3OS/c1-17-13-18(2)23-21(14-17)26-24(29-23)27(16-20-9-6-12-25-15-20)22(28)11-10-19-7-4-3-5-8-19/h3-9,12-15H,10-11,16H2,1-2H3. The Morgan fingerprint density at radius 3 is 2.59 bits per heavy atom. The lowest BCUT2D eigenvalue weighted by Crippen LogP contribution is -2.30. The number of fused-ring (bicyclic) bond motifs is 1. The third kappa shape index (κ3) is 4.51. The summed E-state index contributed by atoms with van der Waals surface area (Å²) >= 11 is 1.58. The highest BCUT2D eigenvalue weighted by atomic mass is 32.1. The minimum atomic E-state index is 0.0751. The van der Waals surface area contributed by atoms with Crippen molar-refractivity contribution in [2.45, 2.75) is 33.2 Å². The number of nitrogens with zero attached hydrogens (tertiary/aromatic N) is 3. The van der Waals surface area contributed by atoms with Gasteiger partial charge in [-0.05, 0) is 54.7 Å². The van der Waals surface area contributed by atoms with Gasteiger partial charge >= 0.3 is 0 Å². The van der Waals surface area contributed by atoms with Crippen LogP contribution in [0.1, 0.15) is 28.7 Å². The largest absolute Gasteiger partial charge is 0.284 e. The van der Waals surface area contributed by atoms with Crippen LogP contribution in [0, 0.1) is 13.8 Å². The molecule has 0 N–H and O–H groups in total. The zero-order chi connectivity index (χ0) is 20.2. The van der Waals surface area contributed by atoms with E-state index < -0.39 is 0 Å². The van der Waals surface area contributed by atoms with Gasteiger partial charge in [0.2, 0.25) is 5.91 Å². The number of anilines is 1. The van der Waals surface area contributed by atoms with E-state index in [1.807, 2.05) is 30.3 Å². The molecule has 4 nitrogen and oxygen atoms in total. The van der Waals surface area contributed by atoms with Crippen LogP contribution in [0.25, 0.3) is 10.2 Å². The molecule has 0 aliphatic rings. The Morgan fingerprint density at radius 2 is 1.83 bits per heavy atom. The van der Waals surface area contributed by atoms with E-state index in [1.54, 1.807) is 28.6 Å². The molecule has 0 saturated carbocycles. The van der Waals surface area contributed by atoms with Gasteiger partial charge in [-0.2, -0.15) is 0 Å². The monoisotopic (exact) mass is 401 g/mol. The van der Waals surface area contributed by atoms with E-state index in [0.29, 0.717) is 19.4 Å². The topological polar surface area (TPSA) is 46.1 Å². The van der Waals surface area contributed by atoms with Gasteiger partial charge in [0.05, 0.1) is 16.8 Å². The number of benzene rings is 2. The zero-order valence-corrected chi connectivity index (χ0v) is 17.4. The first-order chi connectivity index (χ1) is 14.1. The maximum atomic E-state index is 13.2. The molecule has 29 heavy (non-hydrogen) atoms. The summed E-state index contributed by atoms with van der Waals surface area (Å²) in [5, 5.41) is 0.746. The first kappa shape index (κ1) is 19.3. The van der Waals surface area contributed by atoms with Crippen molar-refractivity contribution in [3.8, 4) is 0 Å². The van der Waals surface area contributed by atoms with Crippen molar-refractivity contribution in [3.05, 3.63) is 89.2 Å². The van der Waals surface area contributed by atoms with Gasteiger partial charge in [-0.3, -0.25) is 14.7 Å². The smallest absolute Gasteiger partial charge is 0.229 e. The van der Waals surface area contributed by atoms with Crippen LogP contribution in [0.4, 0.5) is 5.13 Å². The van der Waals surface area contributed by atoms with E-state index in [0.717, 1.165) is 26.5 Å². The number of hydrogen-bond donors (Lipinski definition) is 0. The Labute approximate surface area is 174 Å². The molecule has 5 heteroatoms. The number of carbonyl (C=O) groups excluding carboxylic acids is 1. The second-order valence-corrected chi connectivity index (χ2v) is 8.23. The fraction of sp³-hybridized carbons (Fsp3) is 0.208. The van der Waals surface area contributed by atoms with Gasteiger partial charge < -0.3 is 0 Å². The van der Waals surface area contributed by atoms with E-state index in [4.69, 9.17) is 4.98 Å². The SMILES string of the molecule is Cc1cc(C)c2sc(N(Cc3cccnc3)C(=O)CCc3ccccc3)nc2c1. The Hall–Kier alpha value is -3.05. The second kappa shape index (κ2) is 8.53. The first-order valence-electron chi connectivity index (χ1n) is 9.71. The summed E-state index contributed by atoms with van der Waals surface area (Å²) in [6.07, 6.45) is 4.71. The molecule has 0 bridgehead atoms. The highest BCUT2D eigenvalue weighted by Crippen LogP contribution is 2.33. The fourth-order valence-corrected chi connectivity index (χ4v) is 4.48. The molecule has 0 unspecified atom stereocenters. The Kier molecular flexibility index (Phi) is 5.67. The van der Waals surface area contributed by atoms with Crippen molar-refractivity contribution >= 4 is 32.6 Å². The Balaban J connectivity index is 1.64. The Morgan fingerprint density at radius 1 is 1.03 bits per heavy atom. The number of rotatable bonds is 6. The van der Waals surface area contributed by atoms with Crippen LogP contribution in [0.15, 0.2) is 67.0 Å². The molecule has 2 heterocycles. The van der Waals surface area contributed by atoms with Crippen molar-refractivity contribution in [2.24, 2.45) is 0 Å². The molecule has 0 aliphatic carbocycles. The van der Waals surface area contributed by atoms with Crippen molar-refractivity contribution in [2.75, 3.05) is 4.90 Å². The van der Waals surface area contributed by atoms with Gasteiger partial charge in [-0.1, -0.05) is 53.8 Å². The van der Waals surface area contributed by atoms with Crippen molar-refractivity contribution in [3.63, 3.8) is 0 Å². The molecule has 0 saturated heterocycles. The maximum absolute atomic E-state index is 13.2. The minimum Gasteiger partial charge on any atom is -0.284 e. The van der Waals surface area contributed by atoms with Gasteiger partial charge in [0.1, 0.15) is 0 Å². The van der Waals surface area contributed by atoms with Crippen molar-refractivity contribution in [1.29, 1.82) is 0 Å². The number of thiazole rings is 1. The summed E-state index contributed by atoms with van der Waals surface area (Å²) < 4.78 is 1.14. The molecule has 146 valence electrons. The molecule has 4 aromatic rings. The normalized spacial score (nSPS) is 11.0. The quantitative estimate of drug-likeness (QED) is 0.430. The average molecular weight is 402 g/mol. The summed E-state index contributed by atoms with van der Waals surface area (Å²) in [4.78, 5) is 24.0. The van der Waals surface area contributed by atoms with E-state index in [1.165, 1.54) is 11.1 Å². The molecule has 2 aromatic carbocycles. The van der Waals surface area contributed by atoms with Crippen LogP contribution in [0.2, 0.25) is 0 Å². The Bertz CT molecular complexity index is 1120. The van der Waals surface area contributed by atoms with Gasteiger partial charge in [-0.25, -0.2) is 4.98 Å². The molecule has 1 amide bonds. The third-order valence-corrected chi connectivity index (χ3v) is 6.10. The van der Waals surface area contributed by atoms with E-state index in [2.05, 4.69) is 43.1 Å². The van der Waals surface area contributed by atoms with Gasteiger partial charge in [0.15, 0.2) is 5.13 Å². The number of pyridine rings is 1. The molecule has 0 atom stereocenters. The molecular formula is C24H23N3OS. The summed E-state index contributed by atoms with van der Waals surface area (Å²) in [6, 6.07) is 18.3. The van der Waals surface area contributed by atoms with E-state index in [-0.39, 0.29) is 5.91 Å². The average Bonchev–Trinajstić information content (AvgIpc) is 3.16. The van der Waals surface area contributed by atoms with Gasteiger partial charge in [0, 0.05) is 18.8 Å². The molecule has 0 aliphatic heterocycles. The fourth-order valence-electron chi connectivity index (χ4n) is 3.45. The van der Waals surface area contributed by atoms with Crippen LogP contribution in [-0.2, 0) is 17.8 Å². The summed E-state index contributed by atoms with van der Waals surface area (Å²) in [5.74, 6) is 0.0751. The number of aryl methyl sites for hydroxylation is 3. The van der Waals surface area contributed by atoms with Crippen LogP contribution >= 0.6 is 11.3 Å². The summed E-state index contributed by atoms with van der Waals surface area (Å²) in [5.41, 5.74) is 5.49. The highest BCUT2D eigenvalue weighted by Gasteiger charge is 2.21. The van der Waals surface area contributed by atoms with Gasteiger partial charge in [-0.15, -0.1) is 0 Å². The van der Waals surface area contributed by atoms with Crippen LogP contribution < -0.4 is 4.90 Å². The predicted octanol–water partition coefficient (Wildman–Crippen LogP) is 5.47. The zero-order valence-electron chi connectivity index (χ0n) is 16.6. The molecule has 4 rings (SSSR count). The first-order valence-corrected chi connectivity index (χ1v) is 10.5. The number of amides is 1. The number of aromatic nitrogens is 2. The van der Waals surface area contributed by atoms with Gasteiger partial charge in [0.25, 0.3) is 0 Å². The summed E-state index contributed by atoms with van der Waals surface area (Å²) in [6.45, 7) is 4.64. The highest BCUT2D eigenvalue weighted by molar-refractivity contribution is 7.22. The minimum absolute atomic E-state index is 0.0751. The van der Waals surface area contributed by atoms with Crippen LogP contribution in [0.3, 0.4) is 0 Å². The second-order valence-electron chi connectivity index (χ2n) is 7.25. The number of hydrogen-bond acceptors (Lipinski definition) is 4. The van der Waals surface area contributed by atoms with Crippen LogP contribution in [0.5, 0.6) is 0 Å².